The first-order chi connectivity index (χ1) is 6.35. The van der Waals surface area contributed by atoms with Gasteiger partial charge < -0.3 is 20.9 Å². The van der Waals surface area contributed by atoms with E-state index in [1.807, 2.05) is 0 Å². The van der Waals surface area contributed by atoms with Gasteiger partial charge in [0.2, 0.25) is 5.91 Å². The van der Waals surface area contributed by atoms with Gasteiger partial charge in [-0.25, -0.2) is 0 Å². The Morgan fingerprint density at radius 3 is 2.64 bits per heavy atom. The molecule has 0 aliphatic carbocycles. The molecule has 0 bridgehead atoms. The number of carbonyl (C=O) groups excluding carboxylic acids is 1. The fraction of sp³-hybridized carbons (Fsp3) is 0.889. The summed E-state index contributed by atoms with van der Waals surface area (Å²) in [5, 5.41) is 11.8. The van der Waals surface area contributed by atoms with Crippen LogP contribution in [-0.4, -0.2) is 42.9 Å². The van der Waals surface area contributed by atoms with Gasteiger partial charge in [-0.1, -0.05) is 0 Å². The number of rotatable bonds is 6. The lowest BCUT2D eigenvalue weighted by atomic mass is 10.0. The van der Waals surface area contributed by atoms with Crippen molar-refractivity contribution in [3.8, 4) is 0 Å². The van der Waals surface area contributed by atoms with E-state index in [0.29, 0.717) is 0 Å². The zero-order valence-electron chi connectivity index (χ0n) is 9.04. The summed E-state index contributed by atoms with van der Waals surface area (Å²) in [5.41, 5.74) is 5.14. The second kappa shape index (κ2) is 5.95. The predicted octanol–water partition coefficient (Wildman–Crippen LogP) is -0.763. The summed E-state index contributed by atoms with van der Waals surface area (Å²) in [4.78, 5) is 11.2. The molecule has 1 atom stereocenters. The molecule has 0 spiro atoms. The van der Waals surface area contributed by atoms with Crippen LogP contribution in [0.3, 0.4) is 0 Å². The molecule has 84 valence electrons. The Balaban J connectivity index is 3.64. The molecule has 14 heavy (non-hydrogen) atoms. The molecular formula is C9H20N2O3. The molecule has 0 aromatic heterocycles. The van der Waals surface area contributed by atoms with Crippen molar-refractivity contribution in [2.75, 3.05) is 20.3 Å². The molecule has 1 unspecified atom stereocenters. The third-order valence-corrected chi connectivity index (χ3v) is 1.51. The Kier molecular flexibility index (Phi) is 5.68. The molecule has 0 fully saturated rings. The Morgan fingerprint density at radius 1 is 1.64 bits per heavy atom. The summed E-state index contributed by atoms with van der Waals surface area (Å²) >= 11 is 0. The van der Waals surface area contributed by atoms with Crippen molar-refractivity contribution in [2.24, 2.45) is 5.73 Å². The molecule has 0 aliphatic rings. The van der Waals surface area contributed by atoms with Gasteiger partial charge in [0.15, 0.2) is 0 Å². The van der Waals surface area contributed by atoms with E-state index in [1.54, 1.807) is 13.8 Å². The zero-order chi connectivity index (χ0) is 11.2. The van der Waals surface area contributed by atoms with Crippen molar-refractivity contribution in [3.05, 3.63) is 0 Å². The number of aliphatic hydroxyl groups is 1. The van der Waals surface area contributed by atoms with E-state index in [2.05, 4.69) is 5.32 Å². The zero-order valence-corrected chi connectivity index (χ0v) is 9.04. The fourth-order valence-electron chi connectivity index (χ4n) is 0.959. The molecule has 0 radical (unpaired) electrons. The van der Waals surface area contributed by atoms with Gasteiger partial charge >= 0.3 is 0 Å². The van der Waals surface area contributed by atoms with Gasteiger partial charge in [-0.15, -0.1) is 0 Å². The molecule has 1 amide bonds. The maximum Gasteiger partial charge on any atom is 0.221 e. The van der Waals surface area contributed by atoms with E-state index in [4.69, 9.17) is 10.5 Å². The molecule has 0 aromatic rings. The molecule has 0 saturated heterocycles. The molecular weight excluding hydrogens is 184 g/mol. The van der Waals surface area contributed by atoms with Crippen LogP contribution in [-0.2, 0) is 9.53 Å². The highest BCUT2D eigenvalue weighted by Crippen LogP contribution is 2.02. The molecule has 0 heterocycles. The third-order valence-electron chi connectivity index (χ3n) is 1.51. The molecule has 0 aromatic carbocycles. The second-order valence-electron chi connectivity index (χ2n) is 4.08. The minimum absolute atomic E-state index is 0.160. The lowest BCUT2D eigenvalue weighted by Gasteiger charge is -2.18. The smallest absolute Gasteiger partial charge is 0.221 e. The second-order valence-corrected chi connectivity index (χ2v) is 4.08. The average Bonchev–Trinajstić information content (AvgIpc) is 1.98. The minimum atomic E-state index is -0.662. The number of ether oxygens (including phenoxy) is 1. The number of carbonyl (C=O) groups is 1. The van der Waals surface area contributed by atoms with Crippen molar-refractivity contribution in [3.63, 3.8) is 0 Å². The normalized spacial score (nSPS) is 13.8. The van der Waals surface area contributed by atoms with Crippen LogP contribution in [0.1, 0.15) is 20.3 Å². The van der Waals surface area contributed by atoms with E-state index < -0.39 is 11.6 Å². The van der Waals surface area contributed by atoms with Gasteiger partial charge in [-0.05, 0) is 13.8 Å². The largest absolute Gasteiger partial charge is 0.389 e. The van der Waals surface area contributed by atoms with Gasteiger partial charge in [0.1, 0.15) is 0 Å². The number of nitrogens with two attached hydrogens (primary N) is 1. The van der Waals surface area contributed by atoms with E-state index in [9.17, 15) is 9.90 Å². The summed E-state index contributed by atoms with van der Waals surface area (Å²) in [7, 11) is 1.49. The van der Waals surface area contributed by atoms with E-state index in [-0.39, 0.29) is 25.5 Å². The first-order valence-corrected chi connectivity index (χ1v) is 4.58. The van der Waals surface area contributed by atoms with Gasteiger partial charge in [-0.2, -0.15) is 0 Å². The van der Waals surface area contributed by atoms with Crippen LogP contribution in [0.15, 0.2) is 0 Å². The van der Waals surface area contributed by atoms with E-state index in [1.165, 1.54) is 7.11 Å². The van der Waals surface area contributed by atoms with Crippen molar-refractivity contribution < 1.29 is 14.6 Å². The Labute approximate surface area is 84.6 Å². The summed E-state index contributed by atoms with van der Waals surface area (Å²) in [6.45, 7) is 3.96. The van der Waals surface area contributed by atoms with Gasteiger partial charge in [-0.3, -0.25) is 4.79 Å². The Bertz CT molecular complexity index is 177. The van der Waals surface area contributed by atoms with Crippen LogP contribution < -0.4 is 11.1 Å². The van der Waals surface area contributed by atoms with E-state index >= 15 is 0 Å². The van der Waals surface area contributed by atoms with Crippen molar-refractivity contribution in [1.29, 1.82) is 0 Å². The Hall–Kier alpha value is -0.650. The lowest BCUT2D eigenvalue weighted by molar-refractivity contribution is -0.122. The maximum absolute atomic E-state index is 11.2. The fourth-order valence-corrected chi connectivity index (χ4v) is 0.959. The highest BCUT2D eigenvalue weighted by Gasteiger charge is 2.16. The molecule has 0 aliphatic heterocycles. The molecule has 5 heteroatoms. The third kappa shape index (κ3) is 7.97. The molecule has 0 rings (SSSR count). The minimum Gasteiger partial charge on any atom is -0.389 e. The topological polar surface area (TPSA) is 84.6 Å². The average molecular weight is 204 g/mol. The number of methoxy groups -OCH3 is 1. The van der Waals surface area contributed by atoms with Crippen LogP contribution in [0, 0.1) is 0 Å². The SMILES string of the molecule is COCC(O)CNC(=O)CC(C)(C)N. The van der Waals surface area contributed by atoms with Crippen molar-refractivity contribution in [2.45, 2.75) is 31.9 Å². The van der Waals surface area contributed by atoms with Gasteiger partial charge in [0, 0.05) is 25.6 Å². The van der Waals surface area contributed by atoms with Crippen LogP contribution in [0.25, 0.3) is 0 Å². The number of hydrogen-bond acceptors (Lipinski definition) is 4. The van der Waals surface area contributed by atoms with Crippen LogP contribution >= 0.6 is 0 Å². The molecule has 0 saturated carbocycles. The highest BCUT2D eigenvalue weighted by atomic mass is 16.5. The summed E-state index contributed by atoms with van der Waals surface area (Å²) < 4.78 is 4.71. The number of nitrogens with one attached hydrogen (secondary N) is 1. The predicted molar refractivity (Wildman–Crippen MR) is 53.8 cm³/mol. The van der Waals surface area contributed by atoms with Crippen LogP contribution in [0.5, 0.6) is 0 Å². The lowest BCUT2D eigenvalue weighted by Crippen LogP contribution is -2.41. The van der Waals surface area contributed by atoms with Gasteiger partial charge in [0.25, 0.3) is 0 Å². The summed E-state index contributed by atoms with van der Waals surface area (Å²) in [5.74, 6) is -0.160. The quantitative estimate of drug-likeness (QED) is 0.531. The van der Waals surface area contributed by atoms with Gasteiger partial charge in [0.05, 0.1) is 12.7 Å². The first kappa shape index (κ1) is 13.4. The maximum atomic E-state index is 11.2. The Morgan fingerprint density at radius 2 is 2.21 bits per heavy atom. The summed E-state index contributed by atoms with van der Waals surface area (Å²) in [6.07, 6.45) is -0.419. The van der Waals surface area contributed by atoms with Crippen molar-refractivity contribution in [1.82, 2.24) is 5.32 Å². The van der Waals surface area contributed by atoms with E-state index in [0.717, 1.165) is 0 Å². The molecule has 5 nitrogen and oxygen atoms in total. The standard InChI is InChI=1S/C9H20N2O3/c1-9(2,10)4-8(13)11-5-7(12)6-14-3/h7,12H,4-6,10H2,1-3H3,(H,11,13). The molecule has 4 N–H and O–H groups in total. The monoisotopic (exact) mass is 204 g/mol. The number of amides is 1. The summed E-state index contributed by atoms with van der Waals surface area (Å²) in [6, 6.07) is 0. The number of aliphatic hydroxyl groups excluding tert-OH is 1. The van der Waals surface area contributed by atoms with Crippen LogP contribution in [0.2, 0.25) is 0 Å². The van der Waals surface area contributed by atoms with Crippen LogP contribution in [0.4, 0.5) is 0 Å². The number of hydrogen-bond donors (Lipinski definition) is 3. The highest BCUT2D eigenvalue weighted by molar-refractivity contribution is 5.77. The van der Waals surface area contributed by atoms with Crippen molar-refractivity contribution >= 4 is 5.91 Å². The first-order valence-electron chi connectivity index (χ1n) is 4.58.